The summed E-state index contributed by atoms with van der Waals surface area (Å²) >= 11 is 1.87. The van der Waals surface area contributed by atoms with E-state index in [2.05, 4.69) is 22.3 Å². The SMILES string of the molecule is CNCc1ccc(CN2CCS(=O)CC2)s1. The molecule has 1 aromatic heterocycles. The predicted octanol–water partition coefficient (Wildman–Crippen LogP) is 1.03. The highest BCUT2D eigenvalue weighted by Crippen LogP contribution is 2.18. The molecule has 0 bridgehead atoms. The number of thiophene rings is 1. The van der Waals surface area contributed by atoms with E-state index in [1.165, 1.54) is 9.75 Å². The maximum atomic E-state index is 11.2. The summed E-state index contributed by atoms with van der Waals surface area (Å²) in [6.45, 7) is 3.93. The molecule has 1 aliphatic heterocycles. The summed E-state index contributed by atoms with van der Waals surface area (Å²) in [6.07, 6.45) is 0. The molecule has 0 saturated carbocycles. The summed E-state index contributed by atoms with van der Waals surface area (Å²) in [5.41, 5.74) is 0. The molecule has 0 radical (unpaired) electrons. The van der Waals surface area contributed by atoms with Crippen LogP contribution in [0.1, 0.15) is 9.75 Å². The Hall–Kier alpha value is -0.230. The second kappa shape index (κ2) is 5.91. The van der Waals surface area contributed by atoms with Gasteiger partial charge in [-0.15, -0.1) is 11.3 Å². The molecule has 0 aromatic carbocycles. The van der Waals surface area contributed by atoms with Crippen molar-refractivity contribution in [3.05, 3.63) is 21.9 Å². The number of nitrogens with zero attached hydrogens (tertiary/aromatic N) is 1. The van der Waals surface area contributed by atoms with Crippen molar-refractivity contribution in [2.45, 2.75) is 13.1 Å². The van der Waals surface area contributed by atoms with E-state index in [1.807, 2.05) is 18.4 Å². The fraction of sp³-hybridized carbons (Fsp3) is 0.636. The molecule has 16 heavy (non-hydrogen) atoms. The van der Waals surface area contributed by atoms with E-state index in [4.69, 9.17) is 0 Å². The molecule has 2 heterocycles. The van der Waals surface area contributed by atoms with Crippen LogP contribution in [0.15, 0.2) is 12.1 Å². The van der Waals surface area contributed by atoms with Gasteiger partial charge in [0.1, 0.15) is 0 Å². The van der Waals surface area contributed by atoms with Gasteiger partial charge in [-0.25, -0.2) is 0 Å². The Kier molecular flexibility index (Phi) is 4.52. The zero-order valence-electron chi connectivity index (χ0n) is 9.57. The Labute approximate surface area is 103 Å². The molecule has 1 aromatic rings. The topological polar surface area (TPSA) is 32.3 Å². The molecule has 3 nitrogen and oxygen atoms in total. The van der Waals surface area contributed by atoms with E-state index in [1.54, 1.807) is 0 Å². The minimum absolute atomic E-state index is 0.565. The van der Waals surface area contributed by atoms with Crippen LogP contribution in [0.5, 0.6) is 0 Å². The lowest BCUT2D eigenvalue weighted by Crippen LogP contribution is -2.36. The van der Waals surface area contributed by atoms with Crippen LogP contribution in [0.2, 0.25) is 0 Å². The molecule has 0 spiro atoms. The third-order valence-electron chi connectivity index (χ3n) is 2.72. The highest BCUT2D eigenvalue weighted by molar-refractivity contribution is 7.85. The third-order valence-corrected chi connectivity index (χ3v) is 5.06. The normalized spacial score (nSPS) is 19.1. The van der Waals surface area contributed by atoms with Crippen LogP contribution in [0.25, 0.3) is 0 Å². The monoisotopic (exact) mass is 258 g/mol. The number of hydrogen-bond acceptors (Lipinski definition) is 4. The maximum absolute atomic E-state index is 11.2. The Bertz CT molecular complexity index is 355. The van der Waals surface area contributed by atoms with Crippen molar-refractivity contribution in [2.75, 3.05) is 31.6 Å². The molecule has 1 N–H and O–H groups in total. The third kappa shape index (κ3) is 3.38. The standard InChI is InChI=1S/C11H18N2OS2/c1-12-8-10-2-3-11(15-10)9-13-4-6-16(14)7-5-13/h2-3,12H,4-9H2,1H3. The lowest BCUT2D eigenvalue weighted by atomic mass is 10.4. The van der Waals surface area contributed by atoms with Crippen molar-refractivity contribution < 1.29 is 4.21 Å². The van der Waals surface area contributed by atoms with E-state index >= 15 is 0 Å². The van der Waals surface area contributed by atoms with Crippen LogP contribution in [0, 0.1) is 0 Å². The van der Waals surface area contributed by atoms with Gasteiger partial charge in [0.2, 0.25) is 0 Å². The second-order valence-electron chi connectivity index (χ2n) is 4.02. The summed E-state index contributed by atoms with van der Waals surface area (Å²) in [6, 6.07) is 4.40. The van der Waals surface area contributed by atoms with E-state index in [0.717, 1.165) is 37.7 Å². The first-order valence-corrected chi connectivity index (χ1v) is 7.88. The predicted molar refractivity (Wildman–Crippen MR) is 70.2 cm³/mol. The highest BCUT2D eigenvalue weighted by Gasteiger charge is 2.15. The Morgan fingerprint density at radius 3 is 2.75 bits per heavy atom. The van der Waals surface area contributed by atoms with Gasteiger partial charge >= 0.3 is 0 Å². The average molecular weight is 258 g/mol. The number of nitrogens with one attached hydrogen (secondary N) is 1. The number of rotatable bonds is 4. The van der Waals surface area contributed by atoms with Crippen LogP contribution in [-0.4, -0.2) is 40.8 Å². The summed E-state index contributed by atoms with van der Waals surface area (Å²) in [4.78, 5) is 5.20. The molecular weight excluding hydrogens is 240 g/mol. The van der Waals surface area contributed by atoms with Crippen LogP contribution in [0.4, 0.5) is 0 Å². The second-order valence-corrected chi connectivity index (χ2v) is 6.97. The molecule has 0 atom stereocenters. The van der Waals surface area contributed by atoms with Gasteiger partial charge in [0, 0.05) is 58.2 Å². The van der Waals surface area contributed by atoms with Gasteiger partial charge < -0.3 is 5.32 Å². The van der Waals surface area contributed by atoms with Gasteiger partial charge in [-0.05, 0) is 19.2 Å². The Morgan fingerprint density at radius 1 is 1.38 bits per heavy atom. The van der Waals surface area contributed by atoms with Crippen LogP contribution in [0.3, 0.4) is 0 Å². The first kappa shape index (κ1) is 12.2. The van der Waals surface area contributed by atoms with Crippen LogP contribution < -0.4 is 5.32 Å². The van der Waals surface area contributed by atoms with Crippen molar-refractivity contribution >= 4 is 22.1 Å². The molecule has 5 heteroatoms. The zero-order valence-corrected chi connectivity index (χ0v) is 11.2. The van der Waals surface area contributed by atoms with Crippen molar-refractivity contribution in [1.29, 1.82) is 0 Å². The minimum Gasteiger partial charge on any atom is -0.315 e. The fourth-order valence-electron chi connectivity index (χ4n) is 1.83. The van der Waals surface area contributed by atoms with Gasteiger partial charge in [0.25, 0.3) is 0 Å². The lowest BCUT2D eigenvalue weighted by molar-refractivity contribution is 0.294. The van der Waals surface area contributed by atoms with Gasteiger partial charge in [-0.3, -0.25) is 9.11 Å². The van der Waals surface area contributed by atoms with Crippen molar-refractivity contribution in [1.82, 2.24) is 10.2 Å². The van der Waals surface area contributed by atoms with Crippen molar-refractivity contribution in [2.24, 2.45) is 0 Å². The van der Waals surface area contributed by atoms with E-state index in [9.17, 15) is 4.21 Å². The molecule has 2 rings (SSSR count). The Balaban J connectivity index is 1.86. The zero-order chi connectivity index (χ0) is 11.4. The summed E-state index contributed by atoms with van der Waals surface area (Å²) in [5.74, 6) is 1.68. The van der Waals surface area contributed by atoms with Gasteiger partial charge in [-0.1, -0.05) is 0 Å². The molecule has 0 aliphatic carbocycles. The fourth-order valence-corrected chi connectivity index (χ4v) is 4.03. The maximum Gasteiger partial charge on any atom is 0.0363 e. The van der Waals surface area contributed by atoms with E-state index in [-0.39, 0.29) is 0 Å². The minimum atomic E-state index is -0.565. The first-order valence-electron chi connectivity index (χ1n) is 5.57. The lowest BCUT2D eigenvalue weighted by Gasteiger charge is -2.25. The molecule has 1 fully saturated rings. The number of hydrogen-bond donors (Lipinski definition) is 1. The molecule has 0 amide bonds. The summed E-state index contributed by atoms with van der Waals surface area (Å²) in [7, 11) is 1.41. The Morgan fingerprint density at radius 2 is 2.06 bits per heavy atom. The average Bonchev–Trinajstić information content (AvgIpc) is 2.70. The van der Waals surface area contributed by atoms with Gasteiger partial charge in [-0.2, -0.15) is 0 Å². The summed E-state index contributed by atoms with van der Waals surface area (Å²) < 4.78 is 11.2. The smallest absolute Gasteiger partial charge is 0.0363 e. The quantitative estimate of drug-likeness (QED) is 0.875. The molecule has 0 unspecified atom stereocenters. The van der Waals surface area contributed by atoms with Crippen molar-refractivity contribution in [3.63, 3.8) is 0 Å². The van der Waals surface area contributed by atoms with E-state index < -0.39 is 10.8 Å². The largest absolute Gasteiger partial charge is 0.315 e. The highest BCUT2D eigenvalue weighted by atomic mass is 32.2. The molecule has 1 aliphatic rings. The summed E-state index contributed by atoms with van der Waals surface area (Å²) in [5, 5.41) is 3.16. The molecule has 1 saturated heterocycles. The van der Waals surface area contributed by atoms with Crippen molar-refractivity contribution in [3.8, 4) is 0 Å². The first-order chi connectivity index (χ1) is 7.78. The van der Waals surface area contributed by atoms with Crippen LogP contribution in [-0.2, 0) is 23.9 Å². The van der Waals surface area contributed by atoms with Crippen LogP contribution >= 0.6 is 11.3 Å². The molecule has 90 valence electrons. The van der Waals surface area contributed by atoms with Gasteiger partial charge in [0.05, 0.1) is 0 Å². The van der Waals surface area contributed by atoms with E-state index in [0.29, 0.717) is 0 Å². The molecular formula is C11H18N2OS2. The van der Waals surface area contributed by atoms with Gasteiger partial charge in [0.15, 0.2) is 0 Å².